The zero-order valence-corrected chi connectivity index (χ0v) is 17.8. The third-order valence-electron chi connectivity index (χ3n) is 4.33. The first-order chi connectivity index (χ1) is 15.0. The van der Waals surface area contributed by atoms with Crippen LogP contribution in [0.4, 0.5) is 17.3 Å². The van der Waals surface area contributed by atoms with Crippen LogP contribution in [0.3, 0.4) is 0 Å². The Morgan fingerprint density at radius 3 is 2.87 bits per heavy atom. The molecular formula is C19H14IN9O2. The Bertz CT molecular complexity index is 1560. The Kier molecular flexibility index (Phi) is 4.74. The summed E-state index contributed by atoms with van der Waals surface area (Å²) in [4.78, 5) is 25.5. The van der Waals surface area contributed by atoms with Crippen LogP contribution in [0.5, 0.6) is 5.88 Å². The second-order valence-corrected chi connectivity index (χ2v) is 7.76. The van der Waals surface area contributed by atoms with Gasteiger partial charge in [0, 0.05) is 26.6 Å². The maximum Gasteiger partial charge on any atom is 0.326 e. The van der Waals surface area contributed by atoms with Gasteiger partial charge >= 0.3 is 5.69 Å². The lowest BCUT2D eigenvalue weighted by Gasteiger charge is -2.06. The van der Waals surface area contributed by atoms with Crippen LogP contribution in [-0.4, -0.2) is 39.9 Å². The Hall–Kier alpha value is -3.94. The molecule has 0 fully saturated rings. The van der Waals surface area contributed by atoms with Crippen molar-refractivity contribution in [3.8, 4) is 5.88 Å². The van der Waals surface area contributed by atoms with Gasteiger partial charge < -0.3 is 15.4 Å². The SMILES string of the molecule is O=c1[nH]c(O)c(C=c2cnn3c(=Nc4ccn[nH]4)cc(Nc4cccc(I)c4)nc23)[nH]1. The molecule has 0 aliphatic heterocycles. The number of fused-ring (bicyclic) bond motifs is 1. The van der Waals surface area contributed by atoms with E-state index in [0.29, 0.717) is 28.0 Å². The van der Waals surface area contributed by atoms with E-state index in [1.807, 2.05) is 24.3 Å². The first kappa shape index (κ1) is 19.0. The highest BCUT2D eigenvalue weighted by Gasteiger charge is 2.09. The van der Waals surface area contributed by atoms with Gasteiger partial charge in [-0.2, -0.15) is 14.7 Å². The van der Waals surface area contributed by atoms with Crippen LogP contribution in [0.2, 0.25) is 0 Å². The molecule has 0 bridgehead atoms. The Balaban J connectivity index is 1.72. The molecule has 1 aromatic carbocycles. The zero-order chi connectivity index (χ0) is 21.4. The molecule has 0 saturated carbocycles. The van der Waals surface area contributed by atoms with Gasteiger partial charge in [0.1, 0.15) is 17.3 Å². The third kappa shape index (κ3) is 3.92. The first-order valence-electron chi connectivity index (χ1n) is 9.04. The van der Waals surface area contributed by atoms with Crippen LogP contribution in [-0.2, 0) is 0 Å². The summed E-state index contributed by atoms with van der Waals surface area (Å²) in [6.07, 6.45) is 4.77. The third-order valence-corrected chi connectivity index (χ3v) is 5.00. The molecule has 154 valence electrons. The number of rotatable bonds is 4. The largest absolute Gasteiger partial charge is 0.493 e. The lowest BCUT2D eigenvalue weighted by Crippen LogP contribution is -2.18. The van der Waals surface area contributed by atoms with Crippen molar-refractivity contribution in [1.29, 1.82) is 0 Å². The van der Waals surface area contributed by atoms with Crippen molar-refractivity contribution in [3.63, 3.8) is 0 Å². The molecule has 5 rings (SSSR count). The number of halogens is 1. The molecule has 0 unspecified atom stereocenters. The van der Waals surface area contributed by atoms with E-state index >= 15 is 0 Å². The van der Waals surface area contributed by atoms with Crippen molar-refractivity contribution in [2.24, 2.45) is 4.99 Å². The number of hydrogen-bond donors (Lipinski definition) is 5. The second kappa shape index (κ2) is 7.71. The minimum atomic E-state index is -0.510. The number of aromatic amines is 3. The van der Waals surface area contributed by atoms with E-state index in [1.165, 1.54) is 0 Å². The highest BCUT2D eigenvalue weighted by molar-refractivity contribution is 14.1. The van der Waals surface area contributed by atoms with Crippen molar-refractivity contribution in [2.45, 2.75) is 0 Å². The predicted octanol–water partition coefficient (Wildman–Crippen LogP) is 1.30. The molecule has 0 radical (unpaired) electrons. The molecule has 4 heterocycles. The van der Waals surface area contributed by atoms with Gasteiger partial charge in [-0.25, -0.2) is 14.8 Å². The fraction of sp³-hybridized carbons (Fsp3) is 0. The van der Waals surface area contributed by atoms with Crippen molar-refractivity contribution >= 4 is 51.6 Å². The quantitative estimate of drug-likeness (QED) is 0.222. The molecule has 0 aliphatic rings. The molecule has 11 nitrogen and oxygen atoms in total. The van der Waals surface area contributed by atoms with E-state index in [4.69, 9.17) is 0 Å². The lowest BCUT2D eigenvalue weighted by molar-refractivity contribution is 0.454. The molecule has 12 heteroatoms. The summed E-state index contributed by atoms with van der Waals surface area (Å²) in [5, 5.41) is 24.9. The van der Waals surface area contributed by atoms with E-state index in [-0.39, 0.29) is 11.6 Å². The van der Waals surface area contributed by atoms with Crippen molar-refractivity contribution < 1.29 is 5.11 Å². The number of aromatic hydroxyl groups is 1. The van der Waals surface area contributed by atoms with Crippen LogP contribution >= 0.6 is 22.6 Å². The molecule has 31 heavy (non-hydrogen) atoms. The van der Waals surface area contributed by atoms with Gasteiger partial charge in [0.25, 0.3) is 0 Å². The minimum absolute atomic E-state index is 0.227. The number of aromatic nitrogens is 7. The normalized spacial score (nSPS) is 12.7. The average Bonchev–Trinajstić information content (AvgIpc) is 3.44. The van der Waals surface area contributed by atoms with Crippen LogP contribution in [0, 0.1) is 3.57 Å². The summed E-state index contributed by atoms with van der Waals surface area (Å²) < 4.78 is 2.64. The number of nitrogens with zero attached hydrogens (tertiary/aromatic N) is 5. The fourth-order valence-electron chi connectivity index (χ4n) is 3.01. The molecule has 5 N–H and O–H groups in total. The summed E-state index contributed by atoms with van der Waals surface area (Å²) in [5.41, 5.74) is 1.58. The van der Waals surface area contributed by atoms with Gasteiger partial charge in [-0.05, 0) is 46.9 Å². The highest BCUT2D eigenvalue weighted by atomic mass is 127. The number of nitrogens with one attached hydrogen (secondary N) is 4. The molecule has 5 aromatic rings. The molecule has 0 spiro atoms. The maximum atomic E-state index is 11.5. The smallest absolute Gasteiger partial charge is 0.326 e. The topological polar surface area (TPSA) is 152 Å². The highest BCUT2D eigenvalue weighted by Crippen LogP contribution is 2.17. The maximum absolute atomic E-state index is 11.5. The fourth-order valence-corrected chi connectivity index (χ4v) is 3.55. The predicted molar refractivity (Wildman–Crippen MR) is 121 cm³/mol. The van der Waals surface area contributed by atoms with Crippen LogP contribution in [0.15, 0.2) is 58.6 Å². The van der Waals surface area contributed by atoms with E-state index < -0.39 is 5.69 Å². The van der Waals surface area contributed by atoms with E-state index in [2.05, 4.69) is 63.1 Å². The molecule has 0 atom stereocenters. The van der Waals surface area contributed by atoms with E-state index in [9.17, 15) is 9.90 Å². The Morgan fingerprint density at radius 1 is 1.23 bits per heavy atom. The van der Waals surface area contributed by atoms with Crippen LogP contribution in [0.25, 0.3) is 11.7 Å². The van der Waals surface area contributed by atoms with E-state index in [0.717, 1.165) is 9.26 Å². The molecular weight excluding hydrogens is 513 g/mol. The van der Waals surface area contributed by atoms with Gasteiger partial charge in [-0.15, -0.1) is 0 Å². The minimum Gasteiger partial charge on any atom is -0.493 e. The van der Waals surface area contributed by atoms with Crippen molar-refractivity contribution in [2.75, 3.05) is 5.32 Å². The summed E-state index contributed by atoms with van der Waals surface area (Å²) in [6, 6.07) is 11.4. The summed E-state index contributed by atoms with van der Waals surface area (Å²) in [6.45, 7) is 0. The first-order valence-corrected chi connectivity index (χ1v) is 10.1. The summed E-state index contributed by atoms with van der Waals surface area (Å²) in [5.74, 6) is 0.843. The molecule has 4 aromatic heterocycles. The number of hydrogen-bond acceptors (Lipinski definition) is 7. The number of benzene rings is 1. The summed E-state index contributed by atoms with van der Waals surface area (Å²) >= 11 is 2.24. The monoisotopic (exact) mass is 527 g/mol. The lowest BCUT2D eigenvalue weighted by atomic mass is 10.3. The number of H-pyrrole nitrogens is 3. The van der Waals surface area contributed by atoms with Crippen molar-refractivity contribution in [3.05, 3.63) is 79.2 Å². The van der Waals surface area contributed by atoms with Gasteiger partial charge in [0.05, 0.1) is 12.4 Å². The van der Waals surface area contributed by atoms with Gasteiger partial charge in [0.15, 0.2) is 11.1 Å². The van der Waals surface area contributed by atoms with Crippen molar-refractivity contribution in [1.82, 2.24) is 34.8 Å². The molecule has 0 aliphatic carbocycles. The number of imidazole rings is 1. The Labute approximate surface area is 186 Å². The second-order valence-electron chi connectivity index (χ2n) is 6.51. The number of anilines is 2. The van der Waals surface area contributed by atoms with Gasteiger partial charge in [-0.3, -0.25) is 10.1 Å². The average molecular weight is 527 g/mol. The standard InChI is InChI=1S/C19H14IN9O2/c20-11-2-1-3-12(7-11)23-15-8-16(25-14-4-5-21-28-14)29-17(26-15)10(9-22-29)6-13-18(30)27-19(31)24-13/h1-9,23,30H,(H,21,28)(H2,24,27,31). The van der Waals surface area contributed by atoms with Gasteiger partial charge in [-0.1, -0.05) is 6.07 Å². The molecule has 0 saturated heterocycles. The van der Waals surface area contributed by atoms with Crippen LogP contribution < -0.4 is 21.7 Å². The van der Waals surface area contributed by atoms with Gasteiger partial charge in [0.2, 0.25) is 5.88 Å². The Morgan fingerprint density at radius 2 is 2.13 bits per heavy atom. The van der Waals surface area contributed by atoms with Crippen LogP contribution in [0.1, 0.15) is 5.69 Å². The van der Waals surface area contributed by atoms with E-state index in [1.54, 1.807) is 35.1 Å². The summed E-state index contributed by atoms with van der Waals surface area (Å²) in [7, 11) is 0. The zero-order valence-electron chi connectivity index (χ0n) is 15.7. The molecule has 0 amide bonds.